The summed E-state index contributed by atoms with van der Waals surface area (Å²) >= 11 is 0. The Morgan fingerprint density at radius 1 is 1.37 bits per heavy atom. The largest absolute Gasteiger partial charge is 0.493 e. The first-order chi connectivity index (χ1) is 8.92. The summed E-state index contributed by atoms with van der Waals surface area (Å²) in [6.45, 7) is 3.21. The minimum absolute atomic E-state index is 0.137. The maximum Gasteiger partial charge on any atom is 0.261 e. The molecule has 0 radical (unpaired) electrons. The van der Waals surface area contributed by atoms with Crippen LogP contribution in [0.1, 0.15) is 13.8 Å². The molecule has 0 unspecified atom stereocenters. The first kappa shape index (κ1) is 14.8. The molecule has 0 saturated heterocycles. The molecule has 0 aromatic heterocycles. The lowest BCUT2D eigenvalue weighted by Gasteiger charge is -2.29. The molecular weight excluding hydrogens is 244 g/mol. The quantitative estimate of drug-likeness (QED) is 0.812. The fourth-order valence-electron chi connectivity index (χ4n) is 1.36. The summed E-state index contributed by atoms with van der Waals surface area (Å²) in [6, 6.07) is 9.16. The molecule has 5 nitrogen and oxygen atoms in total. The van der Waals surface area contributed by atoms with Crippen molar-refractivity contribution in [2.24, 2.45) is 0 Å². The predicted molar refractivity (Wildman–Crippen MR) is 71.0 cm³/mol. The van der Waals surface area contributed by atoms with Crippen LogP contribution in [0.25, 0.3) is 0 Å². The maximum atomic E-state index is 11.9. The number of carbonyl (C=O) groups excluding carboxylic acids is 1. The van der Waals surface area contributed by atoms with Crippen molar-refractivity contribution >= 4 is 5.91 Å². The van der Waals surface area contributed by atoms with Crippen LogP contribution in [0.5, 0.6) is 11.5 Å². The number of rotatable bonds is 5. The molecule has 0 heterocycles. The molecule has 0 atom stereocenters. The van der Waals surface area contributed by atoms with Crippen LogP contribution < -0.4 is 9.47 Å². The van der Waals surface area contributed by atoms with E-state index in [0.29, 0.717) is 11.5 Å². The lowest BCUT2D eigenvalue weighted by atomic mass is 10.1. The van der Waals surface area contributed by atoms with Gasteiger partial charge in [-0.25, -0.2) is 0 Å². The summed E-state index contributed by atoms with van der Waals surface area (Å²) in [5.74, 6) is 0.802. The number of amides is 1. The molecule has 1 amide bonds. The Kier molecular flexibility index (Phi) is 4.76. The van der Waals surface area contributed by atoms with E-state index in [9.17, 15) is 4.79 Å². The van der Waals surface area contributed by atoms with E-state index in [1.165, 1.54) is 12.0 Å². The second-order valence-electron chi connectivity index (χ2n) is 4.56. The Morgan fingerprint density at radius 2 is 1.95 bits per heavy atom. The van der Waals surface area contributed by atoms with Crippen molar-refractivity contribution in [2.45, 2.75) is 19.4 Å². The zero-order valence-electron chi connectivity index (χ0n) is 11.6. The van der Waals surface area contributed by atoms with Crippen LogP contribution in [-0.2, 0) is 4.79 Å². The average Bonchev–Trinajstić information content (AvgIpc) is 2.44. The first-order valence-electron chi connectivity index (χ1n) is 5.86. The van der Waals surface area contributed by atoms with Gasteiger partial charge in [-0.15, -0.1) is 0 Å². The van der Waals surface area contributed by atoms with Gasteiger partial charge in [-0.05, 0) is 26.0 Å². The van der Waals surface area contributed by atoms with Gasteiger partial charge in [0, 0.05) is 7.05 Å². The molecular formula is C14H18N2O3. The highest BCUT2D eigenvalue weighted by atomic mass is 16.5. The Balaban J connectivity index is 2.67. The van der Waals surface area contributed by atoms with Gasteiger partial charge >= 0.3 is 0 Å². The van der Waals surface area contributed by atoms with E-state index in [0.717, 1.165) is 0 Å². The number of methoxy groups -OCH3 is 1. The van der Waals surface area contributed by atoms with Gasteiger partial charge in [-0.2, -0.15) is 5.26 Å². The minimum atomic E-state index is -0.860. The van der Waals surface area contributed by atoms with Crippen molar-refractivity contribution in [3.63, 3.8) is 0 Å². The molecule has 0 aliphatic carbocycles. The molecule has 0 fully saturated rings. The highest BCUT2D eigenvalue weighted by Crippen LogP contribution is 2.25. The van der Waals surface area contributed by atoms with Crippen LogP contribution >= 0.6 is 0 Å². The number of nitrogens with zero attached hydrogens (tertiary/aromatic N) is 2. The summed E-state index contributed by atoms with van der Waals surface area (Å²) in [5.41, 5.74) is -0.860. The minimum Gasteiger partial charge on any atom is -0.493 e. The number of para-hydroxylation sites is 2. The molecule has 102 valence electrons. The molecule has 0 aliphatic rings. The van der Waals surface area contributed by atoms with Gasteiger partial charge < -0.3 is 14.4 Å². The van der Waals surface area contributed by atoms with Gasteiger partial charge in [0.25, 0.3) is 5.91 Å². The van der Waals surface area contributed by atoms with Crippen molar-refractivity contribution in [3.8, 4) is 17.6 Å². The SMILES string of the molecule is COc1ccccc1OCC(=O)N(C)C(C)(C)C#N. The Labute approximate surface area is 113 Å². The summed E-state index contributed by atoms with van der Waals surface area (Å²) in [4.78, 5) is 13.3. The lowest BCUT2D eigenvalue weighted by Crippen LogP contribution is -2.45. The topological polar surface area (TPSA) is 62.6 Å². The van der Waals surface area contributed by atoms with Crippen LogP contribution in [0.4, 0.5) is 0 Å². The van der Waals surface area contributed by atoms with E-state index in [-0.39, 0.29) is 12.5 Å². The summed E-state index contributed by atoms with van der Waals surface area (Å²) in [6.07, 6.45) is 0. The molecule has 0 saturated carbocycles. The van der Waals surface area contributed by atoms with Crippen molar-refractivity contribution in [3.05, 3.63) is 24.3 Å². The molecule has 1 aromatic rings. The van der Waals surface area contributed by atoms with Crippen LogP contribution in [0, 0.1) is 11.3 Å². The molecule has 0 N–H and O–H groups in total. The van der Waals surface area contributed by atoms with Crippen LogP contribution in [0.15, 0.2) is 24.3 Å². The number of benzene rings is 1. The molecule has 0 bridgehead atoms. The number of carbonyl (C=O) groups is 1. The maximum absolute atomic E-state index is 11.9. The first-order valence-corrected chi connectivity index (χ1v) is 5.86. The number of nitriles is 1. The van der Waals surface area contributed by atoms with Gasteiger partial charge in [0.1, 0.15) is 5.54 Å². The Bertz CT molecular complexity index is 492. The normalized spacial score (nSPS) is 10.5. The van der Waals surface area contributed by atoms with Gasteiger partial charge in [0.2, 0.25) is 0 Å². The van der Waals surface area contributed by atoms with Gasteiger partial charge in [-0.1, -0.05) is 12.1 Å². The highest BCUT2D eigenvalue weighted by Gasteiger charge is 2.27. The van der Waals surface area contributed by atoms with Crippen LogP contribution in [0.3, 0.4) is 0 Å². The van der Waals surface area contributed by atoms with Crippen LogP contribution in [-0.4, -0.2) is 37.1 Å². The second-order valence-corrected chi connectivity index (χ2v) is 4.56. The van der Waals surface area contributed by atoms with E-state index in [1.54, 1.807) is 39.1 Å². The summed E-state index contributed by atoms with van der Waals surface area (Å²) < 4.78 is 10.5. The monoisotopic (exact) mass is 262 g/mol. The number of hydrogen-bond donors (Lipinski definition) is 0. The van der Waals surface area contributed by atoms with E-state index in [1.807, 2.05) is 6.07 Å². The van der Waals surface area contributed by atoms with E-state index < -0.39 is 5.54 Å². The van der Waals surface area contributed by atoms with Crippen LogP contribution in [0.2, 0.25) is 0 Å². The highest BCUT2D eigenvalue weighted by molar-refractivity contribution is 5.78. The number of hydrogen-bond acceptors (Lipinski definition) is 4. The number of ether oxygens (including phenoxy) is 2. The average molecular weight is 262 g/mol. The molecule has 1 aromatic carbocycles. The van der Waals surface area contributed by atoms with Crippen molar-refractivity contribution < 1.29 is 14.3 Å². The fraction of sp³-hybridized carbons (Fsp3) is 0.429. The van der Waals surface area contributed by atoms with Crippen molar-refractivity contribution in [2.75, 3.05) is 20.8 Å². The second kappa shape index (κ2) is 6.10. The molecule has 0 spiro atoms. The summed E-state index contributed by atoms with van der Waals surface area (Å²) in [5, 5.41) is 8.98. The van der Waals surface area contributed by atoms with E-state index in [2.05, 4.69) is 6.07 Å². The zero-order valence-corrected chi connectivity index (χ0v) is 11.6. The van der Waals surface area contributed by atoms with Crippen molar-refractivity contribution in [1.29, 1.82) is 5.26 Å². The van der Waals surface area contributed by atoms with E-state index in [4.69, 9.17) is 14.7 Å². The third-order valence-electron chi connectivity index (χ3n) is 2.91. The predicted octanol–water partition coefficient (Wildman–Crippen LogP) is 1.83. The van der Waals surface area contributed by atoms with Crippen molar-refractivity contribution in [1.82, 2.24) is 4.90 Å². The third kappa shape index (κ3) is 3.62. The number of likely N-dealkylation sites (N-methyl/N-ethyl adjacent to an activating group) is 1. The Hall–Kier alpha value is -2.22. The summed E-state index contributed by atoms with van der Waals surface area (Å²) in [7, 11) is 3.12. The zero-order chi connectivity index (χ0) is 14.5. The lowest BCUT2D eigenvalue weighted by molar-refractivity contribution is -0.135. The molecule has 19 heavy (non-hydrogen) atoms. The van der Waals surface area contributed by atoms with Gasteiger partial charge in [0.15, 0.2) is 18.1 Å². The molecule has 1 rings (SSSR count). The van der Waals surface area contributed by atoms with Gasteiger partial charge in [0.05, 0.1) is 13.2 Å². The van der Waals surface area contributed by atoms with E-state index >= 15 is 0 Å². The Morgan fingerprint density at radius 3 is 2.47 bits per heavy atom. The smallest absolute Gasteiger partial charge is 0.261 e. The standard InChI is InChI=1S/C14H18N2O3/c1-14(2,10-15)16(3)13(17)9-19-12-8-6-5-7-11(12)18-4/h5-8H,9H2,1-4H3. The third-order valence-corrected chi connectivity index (χ3v) is 2.91. The molecule has 0 aliphatic heterocycles. The fourth-order valence-corrected chi connectivity index (χ4v) is 1.36. The van der Waals surface area contributed by atoms with Gasteiger partial charge in [-0.3, -0.25) is 4.79 Å². The molecule has 5 heteroatoms.